The summed E-state index contributed by atoms with van der Waals surface area (Å²) in [6.07, 6.45) is 1.69. The molecule has 1 amide bonds. The highest BCUT2D eigenvalue weighted by Crippen LogP contribution is 2.25. The highest BCUT2D eigenvalue weighted by molar-refractivity contribution is 6.03. The van der Waals surface area contributed by atoms with Crippen LogP contribution in [0.5, 0.6) is 17.2 Å². The van der Waals surface area contributed by atoms with Gasteiger partial charge >= 0.3 is 0 Å². The number of anilines is 1. The zero-order chi connectivity index (χ0) is 19.2. The summed E-state index contributed by atoms with van der Waals surface area (Å²) < 4.78 is 17.6. The Kier molecular flexibility index (Phi) is 5.61. The normalized spacial score (nSPS) is 10.3. The molecule has 3 aromatic rings. The summed E-state index contributed by atoms with van der Waals surface area (Å²) in [5.41, 5.74) is 1.91. The minimum atomic E-state index is -0.318. The van der Waals surface area contributed by atoms with Crippen molar-refractivity contribution in [1.29, 1.82) is 0 Å². The van der Waals surface area contributed by atoms with Crippen LogP contribution in [0.1, 0.15) is 16.1 Å². The molecule has 0 saturated carbocycles. The van der Waals surface area contributed by atoms with E-state index in [1.807, 2.05) is 37.3 Å². The molecule has 0 aliphatic heterocycles. The van der Waals surface area contributed by atoms with Gasteiger partial charge in [0.15, 0.2) is 12.4 Å². The van der Waals surface area contributed by atoms with Gasteiger partial charge in [-0.25, -0.2) is 4.68 Å². The minimum absolute atomic E-state index is 0.188. The van der Waals surface area contributed by atoms with Crippen LogP contribution in [0.4, 0.5) is 5.69 Å². The summed E-state index contributed by atoms with van der Waals surface area (Å²) in [4.78, 5) is 12.5. The number of nitrogens with one attached hydrogen (secondary N) is 1. The van der Waals surface area contributed by atoms with Crippen molar-refractivity contribution in [3.8, 4) is 17.2 Å². The summed E-state index contributed by atoms with van der Waals surface area (Å²) in [6.45, 7) is 2.13. The molecule has 1 heterocycles. The van der Waals surface area contributed by atoms with Gasteiger partial charge in [-0.3, -0.25) is 4.79 Å². The van der Waals surface area contributed by atoms with Gasteiger partial charge in [-0.05, 0) is 55.0 Å². The average Bonchev–Trinajstić information content (AvgIpc) is 3.16. The molecule has 1 N–H and O–H groups in total. The molecule has 0 aliphatic carbocycles. The van der Waals surface area contributed by atoms with Gasteiger partial charge in [0.25, 0.3) is 5.91 Å². The SMILES string of the molecule is COc1ccc(OCn2ccc(C(=O)Nc3cc(C)ccc3OC)n2)cc1. The van der Waals surface area contributed by atoms with Crippen molar-refractivity contribution in [2.24, 2.45) is 0 Å². The number of ether oxygens (including phenoxy) is 3. The molecule has 27 heavy (non-hydrogen) atoms. The highest BCUT2D eigenvalue weighted by atomic mass is 16.5. The number of nitrogens with zero attached hydrogens (tertiary/aromatic N) is 2. The lowest BCUT2D eigenvalue weighted by Crippen LogP contribution is -2.15. The predicted molar refractivity (Wildman–Crippen MR) is 102 cm³/mol. The van der Waals surface area contributed by atoms with E-state index in [0.29, 0.717) is 17.2 Å². The molecule has 0 unspecified atom stereocenters. The smallest absolute Gasteiger partial charge is 0.276 e. The first kappa shape index (κ1) is 18.3. The molecule has 3 rings (SSSR count). The number of aryl methyl sites for hydroxylation is 1. The maximum atomic E-state index is 12.5. The van der Waals surface area contributed by atoms with Crippen molar-refractivity contribution in [2.45, 2.75) is 13.7 Å². The highest BCUT2D eigenvalue weighted by Gasteiger charge is 2.13. The minimum Gasteiger partial charge on any atom is -0.497 e. The number of hydrogen-bond acceptors (Lipinski definition) is 5. The second-order valence-corrected chi connectivity index (χ2v) is 5.85. The van der Waals surface area contributed by atoms with Crippen molar-refractivity contribution in [1.82, 2.24) is 9.78 Å². The lowest BCUT2D eigenvalue weighted by molar-refractivity contribution is 0.102. The molecule has 0 spiro atoms. The summed E-state index contributed by atoms with van der Waals surface area (Å²) in [6, 6.07) is 14.4. The second kappa shape index (κ2) is 8.27. The lowest BCUT2D eigenvalue weighted by atomic mass is 10.2. The van der Waals surface area contributed by atoms with Crippen LogP contribution >= 0.6 is 0 Å². The first-order chi connectivity index (χ1) is 13.1. The van der Waals surface area contributed by atoms with E-state index in [-0.39, 0.29) is 18.3 Å². The van der Waals surface area contributed by atoms with Crippen molar-refractivity contribution in [3.63, 3.8) is 0 Å². The maximum absolute atomic E-state index is 12.5. The predicted octanol–water partition coefficient (Wildman–Crippen LogP) is 3.50. The molecule has 7 heteroatoms. The van der Waals surface area contributed by atoms with E-state index in [2.05, 4.69) is 10.4 Å². The fourth-order valence-corrected chi connectivity index (χ4v) is 2.47. The summed E-state index contributed by atoms with van der Waals surface area (Å²) in [5, 5.41) is 7.07. The summed E-state index contributed by atoms with van der Waals surface area (Å²) >= 11 is 0. The lowest BCUT2D eigenvalue weighted by Gasteiger charge is -2.10. The monoisotopic (exact) mass is 367 g/mol. The van der Waals surface area contributed by atoms with Gasteiger partial charge in [0, 0.05) is 6.20 Å². The van der Waals surface area contributed by atoms with Gasteiger partial charge in [-0.1, -0.05) is 6.07 Å². The number of benzene rings is 2. The molecule has 2 aromatic carbocycles. The quantitative estimate of drug-likeness (QED) is 0.692. The van der Waals surface area contributed by atoms with Gasteiger partial charge in [0.1, 0.15) is 17.2 Å². The fourth-order valence-electron chi connectivity index (χ4n) is 2.47. The van der Waals surface area contributed by atoms with Crippen molar-refractivity contribution >= 4 is 11.6 Å². The summed E-state index contributed by atoms with van der Waals surface area (Å²) in [7, 11) is 3.17. The van der Waals surface area contributed by atoms with E-state index >= 15 is 0 Å². The van der Waals surface area contributed by atoms with Crippen LogP contribution in [0.3, 0.4) is 0 Å². The van der Waals surface area contributed by atoms with Crippen LogP contribution < -0.4 is 19.5 Å². The molecule has 0 aliphatic rings. The van der Waals surface area contributed by atoms with Crippen LogP contribution in [-0.2, 0) is 6.73 Å². The number of rotatable bonds is 7. The Morgan fingerprint density at radius 1 is 1.04 bits per heavy atom. The van der Waals surface area contributed by atoms with Crippen molar-refractivity contribution in [2.75, 3.05) is 19.5 Å². The third kappa shape index (κ3) is 4.58. The molecular weight excluding hydrogens is 346 g/mol. The first-order valence-electron chi connectivity index (χ1n) is 8.35. The average molecular weight is 367 g/mol. The third-order valence-electron chi connectivity index (χ3n) is 3.90. The van der Waals surface area contributed by atoms with Gasteiger partial charge < -0.3 is 19.5 Å². The molecule has 0 radical (unpaired) electrons. The van der Waals surface area contributed by atoms with E-state index in [1.54, 1.807) is 43.3 Å². The van der Waals surface area contributed by atoms with Crippen LogP contribution in [0.2, 0.25) is 0 Å². The second-order valence-electron chi connectivity index (χ2n) is 5.85. The Bertz CT molecular complexity index is 919. The van der Waals surface area contributed by atoms with Gasteiger partial charge in [-0.15, -0.1) is 0 Å². The number of carbonyl (C=O) groups is 1. The van der Waals surface area contributed by atoms with Crippen LogP contribution in [-0.4, -0.2) is 29.9 Å². The molecule has 0 saturated heterocycles. The van der Waals surface area contributed by atoms with Crippen molar-refractivity contribution in [3.05, 3.63) is 66.0 Å². The number of aromatic nitrogens is 2. The molecule has 0 fully saturated rings. The van der Waals surface area contributed by atoms with Crippen LogP contribution in [0.25, 0.3) is 0 Å². The Hall–Kier alpha value is -3.48. The molecule has 0 atom stereocenters. The molecule has 140 valence electrons. The Morgan fingerprint density at radius 3 is 2.48 bits per heavy atom. The van der Waals surface area contributed by atoms with Crippen LogP contribution in [0.15, 0.2) is 54.7 Å². The zero-order valence-corrected chi connectivity index (χ0v) is 15.4. The Morgan fingerprint density at radius 2 is 1.78 bits per heavy atom. The maximum Gasteiger partial charge on any atom is 0.276 e. The van der Waals surface area contributed by atoms with E-state index in [9.17, 15) is 4.79 Å². The molecule has 1 aromatic heterocycles. The standard InChI is InChI=1S/C20H21N3O4/c1-14-4-9-19(26-3)18(12-14)21-20(24)17-10-11-23(22-17)13-27-16-7-5-15(25-2)6-8-16/h4-12H,13H2,1-3H3,(H,21,24). The number of hydrogen-bond donors (Lipinski definition) is 1. The van der Waals surface area contributed by atoms with Crippen LogP contribution in [0, 0.1) is 6.92 Å². The number of methoxy groups -OCH3 is 2. The topological polar surface area (TPSA) is 74.6 Å². The number of amides is 1. The van der Waals surface area contributed by atoms with Gasteiger partial charge in [-0.2, -0.15) is 5.10 Å². The Labute approximate surface area is 157 Å². The largest absolute Gasteiger partial charge is 0.497 e. The van der Waals surface area contributed by atoms with E-state index in [1.165, 1.54) is 0 Å². The van der Waals surface area contributed by atoms with E-state index < -0.39 is 0 Å². The fraction of sp³-hybridized carbons (Fsp3) is 0.200. The first-order valence-corrected chi connectivity index (χ1v) is 8.35. The Balaban J connectivity index is 1.62. The van der Waals surface area contributed by atoms with Crippen molar-refractivity contribution < 1.29 is 19.0 Å². The molecule has 7 nitrogen and oxygen atoms in total. The van der Waals surface area contributed by atoms with E-state index in [4.69, 9.17) is 14.2 Å². The zero-order valence-electron chi connectivity index (χ0n) is 15.4. The summed E-state index contributed by atoms with van der Waals surface area (Å²) in [5.74, 6) is 1.71. The molecular formula is C20H21N3O4. The molecule has 0 bridgehead atoms. The number of carbonyl (C=O) groups excluding carboxylic acids is 1. The third-order valence-corrected chi connectivity index (χ3v) is 3.90. The van der Waals surface area contributed by atoms with Gasteiger partial charge in [0.05, 0.1) is 19.9 Å². The van der Waals surface area contributed by atoms with E-state index in [0.717, 1.165) is 11.3 Å². The van der Waals surface area contributed by atoms with Gasteiger partial charge in [0.2, 0.25) is 0 Å².